The second-order valence-electron chi connectivity index (χ2n) is 6.08. The Hall–Kier alpha value is -2.63. The second kappa shape index (κ2) is 8.84. The number of halogens is 1. The first-order valence-electron chi connectivity index (χ1n) is 8.59. The fraction of sp³-hybridized carbons (Fsp3) is 0.238. The van der Waals surface area contributed by atoms with Gasteiger partial charge >= 0.3 is 0 Å². The molecule has 0 atom stereocenters. The average molecular weight is 385 g/mol. The fourth-order valence-corrected chi connectivity index (χ4v) is 3.04. The van der Waals surface area contributed by atoms with E-state index >= 15 is 0 Å². The molecule has 3 aromatic rings. The Morgan fingerprint density at radius 3 is 2.59 bits per heavy atom. The minimum Gasteiger partial charge on any atom is -0.497 e. The molecule has 0 aliphatic heterocycles. The van der Waals surface area contributed by atoms with Gasteiger partial charge in [-0.1, -0.05) is 29.8 Å². The van der Waals surface area contributed by atoms with Gasteiger partial charge in [-0.25, -0.2) is 4.98 Å². The quantitative estimate of drug-likeness (QED) is 0.573. The molecule has 27 heavy (non-hydrogen) atoms. The monoisotopic (exact) mass is 384 g/mol. The van der Waals surface area contributed by atoms with E-state index < -0.39 is 0 Å². The van der Waals surface area contributed by atoms with Gasteiger partial charge in [-0.15, -0.1) is 0 Å². The summed E-state index contributed by atoms with van der Waals surface area (Å²) in [6.45, 7) is 1.23. The maximum atomic E-state index is 12.9. The molecule has 0 bridgehead atoms. The summed E-state index contributed by atoms with van der Waals surface area (Å²) in [6, 6.07) is 16.7. The van der Waals surface area contributed by atoms with Crippen LogP contribution in [-0.4, -0.2) is 43.2 Å². The molecule has 140 valence electrons. The molecular formula is C21H21ClN2O3. The first kappa shape index (κ1) is 19.1. The molecule has 5 nitrogen and oxygen atoms in total. The summed E-state index contributed by atoms with van der Waals surface area (Å²) in [5, 5.41) is 1.29. The molecule has 3 rings (SSSR count). The molecule has 2 aromatic carbocycles. The number of carbonyl (C=O) groups excluding carboxylic acids is 1. The van der Waals surface area contributed by atoms with Gasteiger partial charge in [0.15, 0.2) is 0 Å². The van der Waals surface area contributed by atoms with Gasteiger partial charge in [0.05, 0.1) is 19.2 Å². The Morgan fingerprint density at radius 2 is 1.89 bits per heavy atom. The summed E-state index contributed by atoms with van der Waals surface area (Å²) in [7, 11) is 3.23. The van der Waals surface area contributed by atoms with E-state index in [1.54, 1.807) is 31.3 Å². The van der Waals surface area contributed by atoms with Gasteiger partial charge in [0.25, 0.3) is 5.91 Å². The molecule has 0 unspecified atom stereocenters. The van der Waals surface area contributed by atoms with Crippen LogP contribution < -0.4 is 4.74 Å². The Bertz CT molecular complexity index is 931. The van der Waals surface area contributed by atoms with Gasteiger partial charge < -0.3 is 14.4 Å². The van der Waals surface area contributed by atoms with Crippen molar-refractivity contribution in [2.75, 3.05) is 27.4 Å². The highest BCUT2D eigenvalue weighted by Crippen LogP contribution is 2.25. The van der Waals surface area contributed by atoms with Gasteiger partial charge in [0.1, 0.15) is 10.9 Å². The van der Waals surface area contributed by atoms with Crippen LogP contribution in [0.5, 0.6) is 5.75 Å². The number of aromatic nitrogens is 1. The summed E-state index contributed by atoms with van der Waals surface area (Å²) >= 11 is 6.39. The lowest BCUT2D eigenvalue weighted by Gasteiger charge is -2.23. The number of carbonyl (C=O) groups is 1. The minimum atomic E-state index is -0.0746. The van der Waals surface area contributed by atoms with Crippen LogP contribution in [0.3, 0.4) is 0 Å². The summed E-state index contributed by atoms with van der Waals surface area (Å²) in [4.78, 5) is 19.1. The zero-order valence-electron chi connectivity index (χ0n) is 15.3. The van der Waals surface area contributed by atoms with Gasteiger partial charge in [-0.05, 0) is 36.4 Å². The number of hydrogen-bond donors (Lipinski definition) is 0. The summed E-state index contributed by atoms with van der Waals surface area (Å²) in [5.41, 5.74) is 2.18. The number of ether oxygens (including phenoxy) is 2. The van der Waals surface area contributed by atoms with E-state index in [0.717, 1.165) is 22.2 Å². The zero-order chi connectivity index (χ0) is 19.2. The Labute approximate surface area is 163 Å². The minimum absolute atomic E-state index is 0.0746. The predicted octanol–water partition coefficient (Wildman–Crippen LogP) is 4.19. The number of nitrogens with zero attached hydrogens (tertiary/aromatic N) is 2. The van der Waals surface area contributed by atoms with E-state index in [4.69, 9.17) is 21.1 Å². The first-order valence-corrected chi connectivity index (χ1v) is 8.96. The van der Waals surface area contributed by atoms with Crippen molar-refractivity contribution >= 4 is 28.4 Å². The lowest BCUT2D eigenvalue weighted by molar-refractivity contribution is 0.0680. The zero-order valence-corrected chi connectivity index (χ0v) is 16.1. The lowest BCUT2D eigenvalue weighted by atomic mass is 10.1. The van der Waals surface area contributed by atoms with Crippen LogP contribution in [0.15, 0.2) is 54.6 Å². The maximum Gasteiger partial charge on any atom is 0.254 e. The number of pyridine rings is 1. The fourth-order valence-electron chi connectivity index (χ4n) is 2.84. The van der Waals surface area contributed by atoms with Gasteiger partial charge in [-0.3, -0.25) is 4.79 Å². The SMILES string of the molecule is COCCN(Cc1cc2cc(OC)ccc2nc1Cl)C(=O)c1ccccc1. The largest absolute Gasteiger partial charge is 0.497 e. The van der Waals surface area contributed by atoms with Crippen molar-refractivity contribution in [3.05, 3.63) is 70.9 Å². The van der Waals surface area contributed by atoms with Gasteiger partial charge in [0, 0.05) is 36.7 Å². The van der Waals surface area contributed by atoms with E-state index in [1.165, 1.54) is 0 Å². The van der Waals surface area contributed by atoms with Crippen LogP contribution in [0, 0.1) is 0 Å². The molecule has 0 aliphatic carbocycles. The van der Waals surface area contributed by atoms with E-state index in [2.05, 4.69) is 4.98 Å². The van der Waals surface area contributed by atoms with E-state index in [0.29, 0.717) is 30.4 Å². The van der Waals surface area contributed by atoms with Crippen molar-refractivity contribution in [3.8, 4) is 5.75 Å². The van der Waals surface area contributed by atoms with Crippen LogP contribution in [-0.2, 0) is 11.3 Å². The van der Waals surface area contributed by atoms with Gasteiger partial charge in [-0.2, -0.15) is 0 Å². The van der Waals surface area contributed by atoms with Crippen molar-refractivity contribution in [3.63, 3.8) is 0 Å². The number of benzene rings is 2. The molecule has 1 heterocycles. The van der Waals surface area contributed by atoms with E-state index in [-0.39, 0.29) is 5.91 Å². The first-order chi connectivity index (χ1) is 13.1. The van der Waals surface area contributed by atoms with Crippen LogP contribution >= 0.6 is 11.6 Å². The van der Waals surface area contributed by atoms with Crippen molar-refractivity contribution in [1.82, 2.24) is 9.88 Å². The van der Waals surface area contributed by atoms with Crippen molar-refractivity contribution in [1.29, 1.82) is 0 Å². The highest BCUT2D eigenvalue weighted by atomic mass is 35.5. The summed E-state index contributed by atoms with van der Waals surface area (Å²) in [5.74, 6) is 0.670. The molecule has 6 heteroatoms. The third-order valence-corrected chi connectivity index (χ3v) is 4.61. The molecule has 1 aromatic heterocycles. The number of methoxy groups -OCH3 is 2. The average Bonchev–Trinajstić information content (AvgIpc) is 2.71. The normalized spacial score (nSPS) is 10.8. The highest BCUT2D eigenvalue weighted by molar-refractivity contribution is 6.30. The van der Waals surface area contributed by atoms with Crippen molar-refractivity contribution in [2.24, 2.45) is 0 Å². The Balaban J connectivity index is 1.92. The molecule has 0 N–H and O–H groups in total. The summed E-state index contributed by atoms with van der Waals surface area (Å²) < 4.78 is 10.4. The van der Waals surface area contributed by atoms with Crippen molar-refractivity contribution in [2.45, 2.75) is 6.54 Å². The van der Waals surface area contributed by atoms with E-state index in [1.807, 2.05) is 42.5 Å². The third-order valence-electron chi connectivity index (χ3n) is 4.28. The lowest BCUT2D eigenvalue weighted by Crippen LogP contribution is -2.33. The topological polar surface area (TPSA) is 51.7 Å². The van der Waals surface area contributed by atoms with E-state index in [9.17, 15) is 4.79 Å². The Morgan fingerprint density at radius 1 is 1.11 bits per heavy atom. The molecule has 0 aliphatic rings. The van der Waals surface area contributed by atoms with Crippen LogP contribution in [0.2, 0.25) is 5.15 Å². The second-order valence-corrected chi connectivity index (χ2v) is 6.44. The number of fused-ring (bicyclic) bond motifs is 1. The van der Waals surface area contributed by atoms with Crippen LogP contribution in [0.4, 0.5) is 0 Å². The molecular weight excluding hydrogens is 364 g/mol. The number of rotatable bonds is 7. The molecule has 0 spiro atoms. The molecule has 0 saturated heterocycles. The van der Waals surface area contributed by atoms with Crippen LogP contribution in [0.25, 0.3) is 10.9 Å². The number of amides is 1. The maximum absolute atomic E-state index is 12.9. The highest BCUT2D eigenvalue weighted by Gasteiger charge is 2.18. The van der Waals surface area contributed by atoms with Crippen molar-refractivity contribution < 1.29 is 14.3 Å². The molecule has 0 fully saturated rings. The Kier molecular flexibility index (Phi) is 6.27. The molecule has 0 saturated carbocycles. The van der Waals surface area contributed by atoms with Crippen LogP contribution in [0.1, 0.15) is 15.9 Å². The summed E-state index contributed by atoms with van der Waals surface area (Å²) in [6.07, 6.45) is 0. The molecule has 1 amide bonds. The standard InChI is InChI=1S/C21H21ClN2O3/c1-26-11-10-24(21(25)15-6-4-3-5-7-15)14-17-12-16-13-18(27-2)8-9-19(16)23-20(17)22/h3-9,12-13H,10-11,14H2,1-2H3. The predicted molar refractivity (Wildman–Crippen MR) is 106 cm³/mol. The third kappa shape index (κ3) is 4.56. The van der Waals surface area contributed by atoms with Gasteiger partial charge in [0.2, 0.25) is 0 Å². The molecule has 0 radical (unpaired) electrons. The number of hydrogen-bond acceptors (Lipinski definition) is 4. The smallest absolute Gasteiger partial charge is 0.254 e.